The Morgan fingerprint density at radius 3 is 2.52 bits per heavy atom. The van der Waals surface area contributed by atoms with Gasteiger partial charge in [0.15, 0.2) is 11.6 Å². The van der Waals surface area contributed by atoms with E-state index in [9.17, 15) is 9.18 Å². The fraction of sp³-hybridized carbons (Fsp3) is 0.471. The number of carbonyl (C=O) groups excluding carboxylic acids is 1. The van der Waals surface area contributed by atoms with Crippen LogP contribution in [0.2, 0.25) is 0 Å². The normalized spacial score (nSPS) is 17.1. The van der Waals surface area contributed by atoms with Crippen molar-refractivity contribution in [2.45, 2.75) is 51.6 Å². The molecule has 0 aromatic heterocycles. The zero-order valence-corrected chi connectivity index (χ0v) is 12.6. The first-order valence-corrected chi connectivity index (χ1v) is 7.26. The van der Waals surface area contributed by atoms with Crippen molar-refractivity contribution >= 4 is 5.97 Å². The Bertz CT molecular complexity index is 545. The van der Waals surface area contributed by atoms with E-state index in [1.54, 1.807) is 6.92 Å². The van der Waals surface area contributed by atoms with Crippen LogP contribution in [0.4, 0.5) is 4.39 Å². The molecule has 0 saturated heterocycles. The van der Waals surface area contributed by atoms with Gasteiger partial charge in [-0.1, -0.05) is 13.0 Å². The van der Waals surface area contributed by atoms with E-state index >= 15 is 0 Å². The molecule has 1 fully saturated rings. The Morgan fingerprint density at radius 1 is 1.29 bits per heavy atom. The molecule has 1 aromatic carbocycles. The van der Waals surface area contributed by atoms with Gasteiger partial charge in [-0.15, -0.1) is 0 Å². The van der Waals surface area contributed by atoms with Crippen molar-refractivity contribution in [3.05, 3.63) is 36.2 Å². The van der Waals surface area contributed by atoms with Gasteiger partial charge in [0.25, 0.3) is 0 Å². The summed E-state index contributed by atoms with van der Waals surface area (Å²) in [6.45, 7) is 7.04. The van der Waals surface area contributed by atoms with E-state index < -0.39 is 11.8 Å². The lowest BCUT2D eigenvalue weighted by Gasteiger charge is -2.34. The lowest BCUT2D eigenvalue weighted by molar-refractivity contribution is -0.130. The third-order valence-corrected chi connectivity index (χ3v) is 3.73. The topological polar surface area (TPSA) is 35.5 Å². The van der Waals surface area contributed by atoms with Gasteiger partial charge in [0, 0.05) is 11.6 Å². The third-order valence-electron chi connectivity index (χ3n) is 3.73. The van der Waals surface area contributed by atoms with Crippen LogP contribution in [0.5, 0.6) is 11.5 Å². The maximum absolute atomic E-state index is 14.1. The molecule has 1 aliphatic rings. The molecule has 0 bridgehead atoms. The molecule has 114 valence electrons. The van der Waals surface area contributed by atoms with Crippen LogP contribution in [-0.4, -0.2) is 11.6 Å². The van der Waals surface area contributed by atoms with Crippen LogP contribution in [0.15, 0.2) is 30.4 Å². The van der Waals surface area contributed by atoms with Crippen LogP contribution in [0.25, 0.3) is 0 Å². The molecule has 0 radical (unpaired) electrons. The summed E-state index contributed by atoms with van der Waals surface area (Å²) in [6.07, 6.45) is 5.27. The fourth-order valence-corrected chi connectivity index (χ4v) is 2.49. The largest absolute Gasteiger partial charge is 0.485 e. The third kappa shape index (κ3) is 4.06. The molecule has 0 aliphatic heterocycles. The van der Waals surface area contributed by atoms with Crippen LogP contribution in [0.1, 0.15) is 46.0 Å². The highest BCUT2D eigenvalue weighted by Gasteiger charge is 2.29. The monoisotopic (exact) mass is 292 g/mol. The minimum Gasteiger partial charge on any atom is -0.485 e. The van der Waals surface area contributed by atoms with E-state index in [0.29, 0.717) is 0 Å². The van der Waals surface area contributed by atoms with Gasteiger partial charge >= 0.3 is 5.97 Å². The zero-order chi connectivity index (χ0) is 15.5. The van der Waals surface area contributed by atoms with Crippen molar-refractivity contribution in [2.24, 2.45) is 0 Å². The molecule has 0 amide bonds. The van der Waals surface area contributed by atoms with E-state index in [1.165, 1.54) is 24.6 Å². The van der Waals surface area contributed by atoms with Crippen LogP contribution in [0.3, 0.4) is 0 Å². The van der Waals surface area contributed by atoms with Crippen LogP contribution < -0.4 is 9.47 Å². The highest BCUT2D eigenvalue weighted by Crippen LogP contribution is 2.34. The highest BCUT2D eigenvalue weighted by molar-refractivity contribution is 5.88. The second-order valence-corrected chi connectivity index (χ2v) is 5.87. The SMILES string of the molecule is C=C(C)C(=O)Oc1ccc(OC2(C)CCCCC2)c(F)c1. The van der Waals surface area contributed by atoms with Crippen LogP contribution in [-0.2, 0) is 4.79 Å². The Kier molecular flexibility index (Phi) is 4.66. The molecule has 1 aromatic rings. The van der Waals surface area contributed by atoms with Gasteiger partial charge in [-0.25, -0.2) is 9.18 Å². The Morgan fingerprint density at radius 2 is 1.95 bits per heavy atom. The quantitative estimate of drug-likeness (QED) is 0.468. The summed E-state index contributed by atoms with van der Waals surface area (Å²) < 4.78 is 24.9. The molecule has 1 aliphatic carbocycles. The van der Waals surface area contributed by atoms with Crippen LogP contribution >= 0.6 is 0 Å². The smallest absolute Gasteiger partial charge is 0.338 e. The molecule has 3 nitrogen and oxygen atoms in total. The first-order valence-electron chi connectivity index (χ1n) is 7.26. The van der Waals surface area contributed by atoms with Crippen molar-refractivity contribution in [1.29, 1.82) is 0 Å². The average molecular weight is 292 g/mol. The lowest BCUT2D eigenvalue weighted by atomic mass is 9.86. The molecule has 0 heterocycles. The Hall–Kier alpha value is -1.84. The summed E-state index contributed by atoms with van der Waals surface area (Å²) >= 11 is 0. The second-order valence-electron chi connectivity index (χ2n) is 5.87. The molecule has 0 unspecified atom stereocenters. The van der Waals surface area contributed by atoms with E-state index in [2.05, 4.69) is 6.58 Å². The van der Waals surface area contributed by atoms with E-state index in [1.807, 2.05) is 6.92 Å². The summed E-state index contributed by atoms with van der Waals surface area (Å²) in [4.78, 5) is 11.4. The predicted molar refractivity (Wildman–Crippen MR) is 79.0 cm³/mol. The highest BCUT2D eigenvalue weighted by atomic mass is 19.1. The number of hydrogen-bond acceptors (Lipinski definition) is 3. The Balaban J connectivity index is 2.08. The number of rotatable bonds is 4. The maximum atomic E-state index is 14.1. The van der Waals surface area contributed by atoms with Crippen LogP contribution in [0, 0.1) is 5.82 Å². The minimum absolute atomic E-state index is 0.154. The second kappa shape index (κ2) is 6.29. The number of ether oxygens (including phenoxy) is 2. The Labute approximate surface area is 124 Å². The molecule has 0 N–H and O–H groups in total. The predicted octanol–water partition coefficient (Wildman–Crippen LogP) is 4.41. The van der Waals surface area contributed by atoms with E-state index in [-0.39, 0.29) is 22.7 Å². The number of benzene rings is 1. The molecule has 0 spiro atoms. The first kappa shape index (κ1) is 15.5. The van der Waals surface area contributed by atoms with Crippen molar-refractivity contribution in [3.8, 4) is 11.5 Å². The van der Waals surface area contributed by atoms with E-state index in [0.717, 1.165) is 25.7 Å². The lowest BCUT2D eigenvalue weighted by Crippen LogP contribution is -2.34. The van der Waals surface area contributed by atoms with E-state index in [4.69, 9.17) is 9.47 Å². The standard InChI is InChI=1S/C17H21FO3/c1-12(2)16(19)20-13-7-8-15(14(18)11-13)21-17(3)9-5-4-6-10-17/h7-8,11H,1,4-6,9-10H2,2-3H3. The molecule has 0 atom stereocenters. The summed E-state index contributed by atoms with van der Waals surface area (Å²) in [6, 6.07) is 4.21. The van der Waals surface area contributed by atoms with Gasteiger partial charge in [0.2, 0.25) is 0 Å². The van der Waals surface area contributed by atoms with Gasteiger partial charge < -0.3 is 9.47 Å². The first-order chi connectivity index (χ1) is 9.89. The summed E-state index contributed by atoms with van der Waals surface area (Å²) in [7, 11) is 0. The number of hydrogen-bond donors (Lipinski definition) is 0. The van der Waals surface area contributed by atoms with Gasteiger partial charge in [-0.3, -0.25) is 0 Å². The molecular weight excluding hydrogens is 271 g/mol. The summed E-state index contributed by atoms with van der Waals surface area (Å²) in [5.41, 5.74) is -0.0416. The summed E-state index contributed by atoms with van der Waals surface area (Å²) in [5, 5.41) is 0. The van der Waals surface area contributed by atoms with Gasteiger partial charge in [0.1, 0.15) is 11.4 Å². The van der Waals surface area contributed by atoms with Gasteiger partial charge in [0.05, 0.1) is 0 Å². The van der Waals surface area contributed by atoms with Crippen molar-refractivity contribution in [3.63, 3.8) is 0 Å². The zero-order valence-electron chi connectivity index (χ0n) is 12.6. The number of halogens is 1. The number of carbonyl (C=O) groups is 1. The molecule has 4 heteroatoms. The van der Waals surface area contributed by atoms with Gasteiger partial charge in [-0.05, 0) is 51.7 Å². The van der Waals surface area contributed by atoms with Crippen molar-refractivity contribution in [1.82, 2.24) is 0 Å². The average Bonchev–Trinajstić information content (AvgIpc) is 2.42. The van der Waals surface area contributed by atoms with Gasteiger partial charge in [-0.2, -0.15) is 0 Å². The molecular formula is C17H21FO3. The molecule has 1 saturated carbocycles. The molecule has 2 rings (SSSR count). The van der Waals surface area contributed by atoms with Crippen molar-refractivity contribution < 1.29 is 18.7 Å². The summed E-state index contributed by atoms with van der Waals surface area (Å²) in [5.74, 6) is -0.729. The fourth-order valence-electron chi connectivity index (χ4n) is 2.49. The number of esters is 1. The minimum atomic E-state index is -0.567. The van der Waals surface area contributed by atoms with Crippen molar-refractivity contribution in [2.75, 3.05) is 0 Å². The molecule has 21 heavy (non-hydrogen) atoms. The maximum Gasteiger partial charge on any atom is 0.338 e.